The highest BCUT2D eigenvalue weighted by Crippen LogP contribution is 2.13. The van der Waals surface area contributed by atoms with Crippen LogP contribution in [0.3, 0.4) is 0 Å². The fourth-order valence-electron chi connectivity index (χ4n) is 2.19. The van der Waals surface area contributed by atoms with E-state index in [1.54, 1.807) is 24.3 Å². The topological polar surface area (TPSA) is 46.4 Å². The Balaban J connectivity index is 1.86. The molecule has 1 aliphatic rings. The zero-order chi connectivity index (χ0) is 12.8. The molecule has 0 radical (unpaired) electrons. The molecule has 0 saturated carbocycles. The lowest BCUT2D eigenvalue weighted by Crippen LogP contribution is -2.29. The van der Waals surface area contributed by atoms with Gasteiger partial charge in [0.2, 0.25) is 0 Å². The zero-order valence-electron chi connectivity index (χ0n) is 10.4. The maximum atomic E-state index is 10.5. The van der Waals surface area contributed by atoms with Gasteiger partial charge in [0.15, 0.2) is 0 Å². The van der Waals surface area contributed by atoms with Crippen LogP contribution in [0.25, 0.3) is 6.08 Å². The molecule has 0 aromatic heterocycles. The average Bonchev–Trinajstić information content (AvgIpc) is 2.40. The van der Waals surface area contributed by atoms with E-state index in [4.69, 9.17) is 0 Å². The maximum absolute atomic E-state index is 10.5. The summed E-state index contributed by atoms with van der Waals surface area (Å²) in [6.07, 6.45) is 8.10. The van der Waals surface area contributed by atoms with Crippen LogP contribution in [0.2, 0.25) is 0 Å². The highest BCUT2D eigenvalue weighted by Gasteiger charge is 2.07. The molecule has 0 unspecified atom stereocenters. The summed E-state index contributed by atoms with van der Waals surface area (Å²) >= 11 is 0. The number of nitro groups is 1. The lowest BCUT2D eigenvalue weighted by atomic mass is 10.1. The summed E-state index contributed by atoms with van der Waals surface area (Å²) in [4.78, 5) is 12.6. The first-order valence-corrected chi connectivity index (χ1v) is 6.39. The van der Waals surface area contributed by atoms with Crippen molar-refractivity contribution < 1.29 is 4.92 Å². The molecular formula is C14H18N2O2. The van der Waals surface area contributed by atoms with Gasteiger partial charge in [-0.3, -0.25) is 15.0 Å². The Bertz CT molecular complexity index is 420. The molecule has 1 saturated heterocycles. The summed E-state index contributed by atoms with van der Waals surface area (Å²) in [5.74, 6) is 0. The van der Waals surface area contributed by atoms with Crippen molar-refractivity contribution >= 4 is 11.8 Å². The summed E-state index contributed by atoms with van der Waals surface area (Å²) in [7, 11) is 0. The highest BCUT2D eigenvalue weighted by atomic mass is 16.6. The number of non-ortho nitro benzene ring substituents is 1. The Labute approximate surface area is 107 Å². The second-order valence-electron chi connectivity index (χ2n) is 4.61. The van der Waals surface area contributed by atoms with Crippen LogP contribution in [-0.4, -0.2) is 29.5 Å². The second-order valence-corrected chi connectivity index (χ2v) is 4.61. The van der Waals surface area contributed by atoms with Crippen molar-refractivity contribution in [2.45, 2.75) is 19.3 Å². The van der Waals surface area contributed by atoms with E-state index in [1.807, 2.05) is 6.08 Å². The molecule has 0 atom stereocenters. The number of likely N-dealkylation sites (tertiary alicyclic amines) is 1. The van der Waals surface area contributed by atoms with Crippen molar-refractivity contribution in [1.82, 2.24) is 4.90 Å². The van der Waals surface area contributed by atoms with E-state index in [1.165, 1.54) is 32.4 Å². The number of rotatable bonds is 4. The van der Waals surface area contributed by atoms with Gasteiger partial charge in [0.1, 0.15) is 0 Å². The van der Waals surface area contributed by atoms with E-state index < -0.39 is 0 Å². The zero-order valence-corrected chi connectivity index (χ0v) is 10.4. The van der Waals surface area contributed by atoms with Crippen LogP contribution >= 0.6 is 0 Å². The molecule has 4 nitrogen and oxygen atoms in total. The molecule has 1 aliphatic heterocycles. The third-order valence-electron chi connectivity index (χ3n) is 3.23. The lowest BCUT2D eigenvalue weighted by molar-refractivity contribution is -0.384. The van der Waals surface area contributed by atoms with Crippen LogP contribution in [0.15, 0.2) is 30.3 Å². The van der Waals surface area contributed by atoms with E-state index in [2.05, 4.69) is 11.0 Å². The molecule has 1 fully saturated rings. The van der Waals surface area contributed by atoms with Crippen LogP contribution in [0.1, 0.15) is 24.8 Å². The summed E-state index contributed by atoms with van der Waals surface area (Å²) in [5, 5.41) is 10.5. The molecule has 96 valence electrons. The largest absolute Gasteiger partial charge is 0.300 e. The van der Waals surface area contributed by atoms with Gasteiger partial charge in [0.05, 0.1) is 4.92 Å². The molecule has 0 aliphatic carbocycles. The molecule has 0 amide bonds. The normalized spacial score (nSPS) is 17.1. The molecule has 0 bridgehead atoms. The Morgan fingerprint density at radius 3 is 2.44 bits per heavy atom. The van der Waals surface area contributed by atoms with Gasteiger partial charge in [0, 0.05) is 18.7 Å². The summed E-state index contributed by atoms with van der Waals surface area (Å²) in [6.45, 7) is 3.34. The van der Waals surface area contributed by atoms with Gasteiger partial charge in [-0.05, 0) is 43.6 Å². The summed E-state index contributed by atoms with van der Waals surface area (Å²) in [6, 6.07) is 6.65. The van der Waals surface area contributed by atoms with Crippen molar-refractivity contribution in [3.63, 3.8) is 0 Å². The van der Waals surface area contributed by atoms with Gasteiger partial charge in [-0.2, -0.15) is 0 Å². The van der Waals surface area contributed by atoms with Gasteiger partial charge in [-0.1, -0.05) is 18.6 Å². The quantitative estimate of drug-likeness (QED) is 0.605. The molecule has 4 heteroatoms. The first-order valence-electron chi connectivity index (χ1n) is 6.39. The number of hydrogen-bond donors (Lipinski definition) is 0. The number of nitro benzene ring substituents is 1. The van der Waals surface area contributed by atoms with E-state index in [0.717, 1.165) is 12.1 Å². The number of hydrogen-bond acceptors (Lipinski definition) is 3. The molecular weight excluding hydrogens is 228 g/mol. The van der Waals surface area contributed by atoms with Gasteiger partial charge in [-0.15, -0.1) is 0 Å². The lowest BCUT2D eigenvalue weighted by Gasteiger charge is -2.24. The van der Waals surface area contributed by atoms with Crippen LogP contribution in [-0.2, 0) is 0 Å². The van der Waals surface area contributed by atoms with Crippen LogP contribution in [0.4, 0.5) is 5.69 Å². The third kappa shape index (κ3) is 3.67. The highest BCUT2D eigenvalue weighted by molar-refractivity contribution is 5.51. The Morgan fingerprint density at radius 2 is 1.83 bits per heavy atom. The predicted octanol–water partition coefficient (Wildman–Crippen LogP) is 3.09. The first kappa shape index (κ1) is 12.8. The smallest absolute Gasteiger partial charge is 0.269 e. The standard InChI is InChI=1S/C14H18N2O2/c17-16(18)14-8-6-13(7-9-14)5-4-12-15-10-2-1-3-11-15/h4-9H,1-3,10-12H2. The molecule has 0 spiro atoms. The SMILES string of the molecule is O=[N+]([O-])c1ccc(C=CCN2CCCCC2)cc1. The van der Waals surface area contributed by atoms with Crippen molar-refractivity contribution in [1.29, 1.82) is 0 Å². The fourth-order valence-corrected chi connectivity index (χ4v) is 2.19. The first-order chi connectivity index (χ1) is 8.75. The molecule has 1 aromatic rings. The van der Waals surface area contributed by atoms with Gasteiger partial charge >= 0.3 is 0 Å². The van der Waals surface area contributed by atoms with E-state index in [9.17, 15) is 10.1 Å². The van der Waals surface area contributed by atoms with Gasteiger partial charge in [-0.25, -0.2) is 0 Å². The molecule has 1 heterocycles. The van der Waals surface area contributed by atoms with Crippen LogP contribution < -0.4 is 0 Å². The van der Waals surface area contributed by atoms with Crippen molar-refractivity contribution in [3.8, 4) is 0 Å². The maximum Gasteiger partial charge on any atom is 0.269 e. The van der Waals surface area contributed by atoms with E-state index >= 15 is 0 Å². The van der Waals surface area contributed by atoms with E-state index in [0.29, 0.717) is 0 Å². The fraction of sp³-hybridized carbons (Fsp3) is 0.429. The minimum atomic E-state index is -0.374. The number of piperidine rings is 1. The monoisotopic (exact) mass is 246 g/mol. The minimum Gasteiger partial charge on any atom is -0.300 e. The average molecular weight is 246 g/mol. The minimum absolute atomic E-state index is 0.142. The third-order valence-corrected chi connectivity index (χ3v) is 3.23. The predicted molar refractivity (Wildman–Crippen MR) is 72.4 cm³/mol. The number of nitrogens with zero attached hydrogens (tertiary/aromatic N) is 2. The van der Waals surface area contributed by atoms with Crippen molar-refractivity contribution in [2.24, 2.45) is 0 Å². The van der Waals surface area contributed by atoms with Gasteiger partial charge in [0.25, 0.3) is 5.69 Å². The Morgan fingerprint density at radius 1 is 1.17 bits per heavy atom. The molecule has 18 heavy (non-hydrogen) atoms. The molecule has 2 rings (SSSR count). The van der Waals surface area contributed by atoms with Crippen molar-refractivity contribution in [3.05, 3.63) is 46.0 Å². The molecule has 0 N–H and O–H groups in total. The molecule has 1 aromatic carbocycles. The van der Waals surface area contributed by atoms with Crippen LogP contribution in [0, 0.1) is 10.1 Å². The number of benzene rings is 1. The Hall–Kier alpha value is -1.68. The summed E-state index contributed by atoms with van der Waals surface area (Å²) in [5.41, 5.74) is 1.15. The van der Waals surface area contributed by atoms with Crippen molar-refractivity contribution in [2.75, 3.05) is 19.6 Å². The van der Waals surface area contributed by atoms with Crippen LogP contribution in [0.5, 0.6) is 0 Å². The van der Waals surface area contributed by atoms with Gasteiger partial charge < -0.3 is 0 Å². The second kappa shape index (κ2) is 6.31. The summed E-state index contributed by atoms with van der Waals surface area (Å²) < 4.78 is 0. The van der Waals surface area contributed by atoms with E-state index in [-0.39, 0.29) is 10.6 Å². The Kier molecular flexibility index (Phi) is 4.47.